The lowest BCUT2D eigenvalue weighted by atomic mass is 10.1. The second-order valence-electron chi connectivity index (χ2n) is 6.87. The van der Waals surface area contributed by atoms with Gasteiger partial charge >= 0.3 is 0 Å². The lowest BCUT2D eigenvalue weighted by Gasteiger charge is -2.22. The number of aryl methyl sites for hydroxylation is 2. The predicted molar refractivity (Wildman–Crippen MR) is 113 cm³/mol. The Balaban J connectivity index is 1.66. The van der Waals surface area contributed by atoms with Crippen molar-refractivity contribution in [2.45, 2.75) is 39.5 Å². The average molecular weight is 413 g/mol. The van der Waals surface area contributed by atoms with Crippen molar-refractivity contribution in [1.82, 2.24) is 19.9 Å². The van der Waals surface area contributed by atoms with Gasteiger partial charge in [0.05, 0.1) is 17.6 Å². The summed E-state index contributed by atoms with van der Waals surface area (Å²) in [7, 11) is 0. The molecule has 28 heavy (non-hydrogen) atoms. The summed E-state index contributed by atoms with van der Waals surface area (Å²) in [6.07, 6.45) is 3.87. The van der Waals surface area contributed by atoms with E-state index in [9.17, 15) is 4.79 Å². The van der Waals surface area contributed by atoms with Crippen molar-refractivity contribution in [1.29, 1.82) is 0 Å². The highest BCUT2D eigenvalue weighted by atomic mass is 32.1. The molecule has 1 saturated carbocycles. The molecule has 9 heteroatoms. The number of para-hydroxylation sites is 1. The minimum Gasteiger partial charge on any atom is -0.274 e. The molecular formula is C19H20N6OS2. The number of nitrogens with zero attached hydrogens (tertiary/aromatic N) is 5. The summed E-state index contributed by atoms with van der Waals surface area (Å²) in [4.78, 5) is 18.7. The Morgan fingerprint density at radius 1 is 1.39 bits per heavy atom. The van der Waals surface area contributed by atoms with Crippen molar-refractivity contribution < 1.29 is 4.79 Å². The van der Waals surface area contributed by atoms with Crippen LogP contribution < -0.4 is 4.90 Å². The normalized spacial score (nSPS) is 14.0. The summed E-state index contributed by atoms with van der Waals surface area (Å²) in [5, 5.41) is 14.0. The van der Waals surface area contributed by atoms with Crippen LogP contribution in [0.25, 0.3) is 0 Å². The van der Waals surface area contributed by atoms with E-state index in [0.717, 1.165) is 35.5 Å². The van der Waals surface area contributed by atoms with Crippen LogP contribution in [-0.2, 0) is 4.79 Å². The first kappa shape index (κ1) is 18.7. The summed E-state index contributed by atoms with van der Waals surface area (Å²) in [5.41, 5.74) is 3.60. The van der Waals surface area contributed by atoms with Crippen LogP contribution in [0.3, 0.4) is 0 Å². The predicted octanol–water partition coefficient (Wildman–Crippen LogP) is 4.46. The summed E-state index contributed by atoms with van der Waals surface area (Å²) < 4.78 is 2.12. The highest BCUT2D eigenvalue weighted by Crippen LogP contribution is 2.39. The SMILES string of the molecule is CC(=O)N(c1nc(/C=N\n2c(C3CC3)n[nH]c2=S)cs1)c1c(C)cccc1C. The zero-order chi connectivity index (χ0) is 19.8. The first-order chi connectivity index (χ1) is 13.5. The Kier molecular flexibility index (Phi) is 4.94. The Bertz CT molecular complexity index is 1100. The van der Waals surface area contributed by atoms with E-state index in [0.29, 0.717) is 21.5 Å². The molecule has 0 aliphatic heterocycles. The molecule has 1 aliphatic rings. The quantitative estimate of drug-likeness (QED) is 0.496. The Morgan fingerprint density at radius 3 is 2.75 bits per heavy atom. The van der Waals surface area contributed by atoms with Crippen LogP contribution in [0.4, 0.5) is 10.8 Å². The Morgan fingerprint density at radius 2 is 2.11 bits per heavy atom. The molecule has 0 spiro atoms. The monoisotopic (exact) mass is 412 g/mol. The molecule has 1 fully saturated rings. The van der Waals surface area contributed by atoms with Gasteiger partial charge in [0.2, 0.25) is 10.7 Å². The van der Waals surface area contributed by atoms with Crippen LogP contribution in [0.5, 0.6) is 0 Å². The second-order valence-corrected chi connectivity index (χ2v) is 8.09. The summed E-state index contributed by atoms with van der Waals surface area (Å²) in [6, 6.07) is 5.97. The van der Waals surface area contributed by atoms with Crippen LogP contribution in [0.1, 0.15) is 48.3 Å². The van der Waals surface area contributed by atoms with Gasteiger partial charge in [-0.05, 0) is 50.0 Å². The van der Waals surface area contributed by atoms with E-state index in [1.807, 2.05) is 37.4 Å². The molecule has 2 heterocycles. The standard InChI is InChI=1S/C19H20N6OS2/c1-11-5-4-6-12(2)16(11)24(13(3)26)19-21-15(10-28-19)9-20-25-17(14-7-8-14)22-23-18(25)27/h4-6,9-10,14H,7-8H2,1-3H3,(H,23,27)/b20-9-. The number of nitrogens with one attached hydrogen (secondary N) is 1. The van der Waals surface area contributed by atoms with Gasteiger partial charge in [0, 0.05) is 18.2 Å². The molecule has 1 aliphatic carbocycles. The van der Waals surface area contributed by atoms with Gasteiger partial charge in [0.15, 0.2) is 11.0 Å². The van der Waals surface area contributed by atoms with Crippen molar-refractivity contribution >= 4 is 46.5 Å². The van der Waals surface area contributed by atoms with Gasteiger partial charge in [0.1, 0.15) is 0 Å². The molecule has 0 radical (unpaired) electrons. The topological polar surface area (TPSA) is 79.2 Å². The third kappa shape index (κ3) is 3.55. The van der Waals surface area contributed by atoms with E-state index in [1.165, 1.54) is 11.3 Å². The van der Waals surface area contributed by atoms with E-state index in [-0.39, 0.29) is 5.91 Å². The molecule has 0 atom stereocenters. The van der Waals surface area contributed by atoms with Crippen LogP contribution in [-0.4, -0.2) is 32.0 Å². The maximum absolute atomic E-state index is 12.4. The highest BCUT2D eigenvalue weighted by molar-refractivity contribution is 7.71. The van der Waals surface area contributed by atoms with E-state index in [4.69, 9.17) is 12.2 Å². The number of aromatic nitrogens is 4. The maximum Gasteiger partial charge on any atom is 0.230 e. The fourth-order valence-electron chi connectivity index (χ4n) is 3.12. The van der Waals surface area contributed by atoms with Gasteiger partial charge in [-0.25, -0.2) is 4.98 Å². The van der Waals surface area contributed by atoms with E-state index < -0.39 is 0 Å². The maximum atomic E-state index is 12.4. The molecular weight excluding hydrogens is 392 g/mol. The molecule has 0 unspecified atom stereocenters. The largest absolute Gasteiger partial charge is 0.274 e. The van der Waals surface area contributed by atoms with Gasteiger partial charge in [-0.15, -0.1) is 11.3 Å². The van der Waals surface area contributed by atoms with Crippen molar-refractivity contribution in [3.63, 3.8) is 0 Å². The number of thiazole rings is 1. The summed E-state index contributed by atoms with van der Waals surface area (Å²) in [5.74, 6) is 1.20. The van der Waals surface area contributed by atoms with Gasteiger partial charge in [-0.2, -0.15) is 14.9 Å². The van der Waals surface area contributed by atoms with Crippen molar-refractivity contribution in [2.75, 3.05) is 4.90 Å². The minimum absolute atomic E-state index is 0.0803. The zero-order valence-corrected chi connectivity index (χ0v) is 17.5. The zero-order valence-electron chi connectivity index (χ0n) is 15.8. The fraction of sp³-hybridized carbons (Fsp3) is 0.316. The fourth-order valence-corrected chi connectivity index (χ4v) is 4.13. The van der Waals surface area contributed by atoms with Gasteiger partial charge in [-0.3, -0.25) is 14.8 Å². The first-order valence-corrected chi connectivity index (χ1v) is 10.3. The third-order valence-corrected chi connectivity index (χ3v) is 5.71. The molecule has 1 aromatic carbocycles. The Hall–Kier alpha value is -2.65. The number of rotatable bonds is 5. The number of aromatic amines is 1. The third-order valence-electron chi connectivity index (χ3n) is 4.60. The van der Waals surface area contributed by atoms with Crippen LogP contribution in [0, 0.1) is 18.6 Å². The van der Waals surface area contributed by atoms with E-state index in [1.54, 1.807) is 22.7 Å². The number of H-pyrrole nitrogens is 1. The molecule has 1 N–H and O–H groups in total. The minimum atomic E-state index is -0.0803. The number of anilines is 2. The van der Waals surface area contributed by atoms with Gasteiger partial charge in [0.25, 0.3) is 0 Å². The lowest BCUT2D eigenvalue weighted by Crippen LogP contribution is -2.24. The van der Waals surface area contributed by atoms with E-state index in [2.05, 4.69) is 20.3 Å². The molecule has 4 rings (SSSR count). The first-order valence-electron chi connectivity index (χ1n) is 9.00. The Labute approximate surface area is 171 Å². The number of hydrogen-bond donors (Lipinski definition) is 1. The number of carbonyl (C=O) groups excluding carboxylic acids is 1. The number of benzene rings is 1. The molecule has 0 saturated heterocycles. The summed E-state index contributed by atoms with van der Waals surface area (Å²) >= 11 is 6.68. The molecule has 2 aromatic heterocycles. The number of hydrogen-bond acceptors (Lipinski definition) is 6. The van der Waals surface area contributed by atoms with Crippen molar-refractivity contribution in [3.8, 4) is 0 Å². The summed E-state index contributed by atoms with van der Waals surface area (Å²) in [6.45, 7) is 5.54. The molecule has 3 aromatic rings. The number of carbonyl (C=O) groups is 1. The van der Waals surface area contributed by atoms with Crippen molar-refractivity contribution in [3.05, 3.63) is 51.0 Å². The van der Waals surface area contributed by atoms with Gasteiger partial charge in [-0.1, -0.05) is 18.2 Å². The van der Waals surface area contributed by atoms with Crippen LogP contribution >= 0.6 is 23.6 Å². The lowest BCUT2D eigenvalue weighted by molar-refractivity contribution is -0.115. The second kappa shape index (κ2) is 7.40. The molecule has 144 valence electrons. The average Bonchev–Trinajstić information content (AvgIpc) is 3.27. The van der Waals surface area contributed by atoms with Crippen LogP contribution in [0.15, 0.2) is 28.7 Å². The molecule has 7 nitrogen and oxygen atoms in total. The van der Waals surface area contributed by atoms with Crippen LogP contribution in [0.2, 0.25) is 0 Å². The molecule has 1 amide bonds. The molecule has 0 bridgehead atoms. The number of amides is 1. The smallest absolute Gasteiger partial charge is 0.230 e. The van der Waals surface area contributed by atoms with E-state index >= 15 is 0 Å². The van der Waals surface area contributed by atoms with Crippen molar-refractivity contribution in [2.24, 2.45) is 5.10 Å². The highest BCUT2D eigenvalue weighted by Gasteiger charge is 2.29. The van der Waals surface area contributed by atoms with Gasteiger partial charge < -0.3 is 0 Å².